The van der Waals surface area contributed by atoms with E-state index in [1.807, 2.05) is 13.8 Å². The van der Waals surface area contributed by atoms with Crippen molar-refractivity contribution in [2.75, 3.05) is 26.1 Å². The number of anilines is 1. The highest BCUT2D eigenvalue weighted by molar-refractivity contribution is 5.25. The Morgan fingerprint density at radius 2 is 2.19 bits per heavy atom. The summed E-state index contributed by atoms with van der Waals surface area (Å²) in [7, 11) is 3.47. The summed E-state index contributed by atoms with van der Waals surface area (Å²) in [4.78, 5) is 8.16. The average Bonchev–Trinajstić information content (AvgIpc) is 2.29. The quantitative estimate of drug-likeness (QED) is 0.798. The molecule has 1 aromatic rings. The van der Waals surface area contributed by atoms with Gasteiger partial charge in [0.25, 0.3) is 0 Å². The van der Waals surface area contributed by atoms with Crippen molar-refractivity contribution in [2.45, 2.75) is 25.9 Å². The van der Waals surface area contributed by atoms with Gasteiger partial charge in [-0.3, -0.25) is 0 Å². The van der Waals surface area contributed by atoms with Crippen LogP contribution in [-0.2, 0) is 4.74 Å². The third-order valence-corrected chi connectivity index (χ3v) is 2.36. The molecule has 5 nitrogen and oxygen atoms in total. The number of rotatable bonds is 6. The molecule has 0 spiro atoms. The van der Waals surface area contributed by atoms with E-state index in [4.69, 9.17) is 9.47 Å². The molecule has 90 valence electrons. The molecular formula is C11H19N3O2. The van der Waals surface area contributed by atoms with Gasteiger partial charge in [0.15, 0.2) is 0 Å². The monoisotopic (exact) mass is 225 g/mol. The highest BCUT2D eigenvalue weighted by Gasteiger charge is 2.16. The summed E-state index contributed by atoms with van der Waals surface area (Å²) in [5.41, 5.74) is -0.168. The standard InChI is InChI=1S/C11H19N3O2/c1-11(2,15-4)6-8-16-9-5-7-13-10(12-3)14-9/h5,7H,6,8H2,1-4H3,(H,12,13,14). The summed E-state index contributed by atoms with van der Waals surface area (Å²) in [5, 5.41) is 2.86. The van der Waals surface area contributed by atoms with Crippen LogP contribution in [0.25, 0.3) is 0 Å². The molecule has 0 aliphatic carbocycles. The van der Waals surface area contributed by atoms with Gasteiger partial charge in [-0.1, -0.05) is 0 Å². The van der Waals surface area contributed by atoms with Crippen molar-refractivity contribution >= 4 is 5.95 Å². The molecule has 1 aromatic heterocycles. The smallest absolute Gasteiger partial charge is 0.225 e. The molecule has 5 heteroatoms. The summed E-state index contributed by atoms with van der Waals surface area (Å²) in [6, 6.07) is 1.74. The van der Waals surface area contributed by atoms with Crippen LogP contribution in [0.4, 0.5) is 5.95 Å². The first-order chi connectivity index (χ1) is 7.57. The van der Waals surface area contributed by atoms with Crippen molar-refractivity contribution < 1.29 is 9.47 Å². The summed E-state index contributed by atoms with van der Waals surface area (Å²) in [6.45, 7) is 4.62. The number of aromatic nitrogens is 2. The highest BCUT2D eigenvalue weighted by Crippen LogP contribution is 2.14. The number of nitrogens with one attached hydrogen (secondary N) is 1. The molecule has 0 aliphatic rings. The first kappa shape index (κ1) is 12.7. The van der Waals surface area contributed by atoms with E-state index in [0.717, 1.165) is 6.42 Å². The van der Waals surface area contributed by atoms with E-state index in [2.05, 4.69) is 15.3 Å². The average molecular weight is 225 g/mol. The molecule has 0 saturated carbocycles. The van der Waals surface area contributed by atoms with Crippen LogP contribution in [0.15, 0.2) is 12.3 Å². The highest BCUT2D eigenvalue weighted by atomic mass is 16.5. The van der Waals surface area contributed by atoms with E-state index in [1.54, 1.807) is 26.4 Å². The minimum Gasteiger partial charge on any atom is -0.477 e. The van der Waals surface area contributed by atoms with Gasteiger partial charge in [0.1, 0.15) is 0 Å². The lowest BCUT2D eigenvalue weighted by atomic mass is 10.1. The molecule has 0 amide bonds. The van der Waals surface area contributed by atoms with Crippen molar-refractivity contribution in [1.29, 1.82) is 0 Å². The topological polar surface area (TPSA) is 56.3 Å². The van der Waals surface area contributed by atoms with Crippen LogP contribution in [-0.4, -0.2) is 36.3 Å². The zero-order valence-electron chi connectivity index (χ0n) is 10.3. The molecule has 0 atom stereocenters. The molecule has 0 unspecified atom stereocenters. The van der Waals surface area contributed by atoms with Crippen molar-refractivity contribution in [1.82, 2.24) is 9.97 Å². The predicted molar refractivity (Wildman–Crippen MR) is 62.8 cm³/mol. The zero-order chi connectivity index (χ0) is 12.0. The first-order valence-electron chi connectivity index (χ1n) is 5.26. The molecule has 0 saturated heterocycles. The molecule has 16 heavy (non-hydrogen) atoms. The van der Waals surface area contributed by atoms with Gasteiger partial charge in [0, 0.05) is 32.8 Å². The Labute approximate surface area is 96.2 Å². The van der Waals surface area contributed by atoms with E-state index in [1.165, 1.54) is 0 Å². The fourth-order valence-electron chi connectivity index (χ4n) is 1.05. The fourth-order valence-corrected chi connectivity index (χ4v) is 1.05. The summed E-state index contributed by atoms with van der Waals surface area (Å²) in [5.74, 6) is 1.13. The Balaban J connectivity index is 2.42. The minimum absolute atomic E-state index is 0.168. The van der Waals surface area contributed by atoms with Gasteiger partial charge >= 0.3 is 0 Å². The van der Waals surface area contributed by atoms with Crippen LogP contribution >= 0.6 is 0 Å². The van der Waals surface area contributed by atoms with E-state index in [0.29, 0.717) is 18.4 Å². The Kier molecular flexibility index (Phi) is 4.49. The Morgan fingerprint density at radius 3 is 2.81 bits per heavy atom. The lowest BCUT2D eigenvalue weighted by Crippen LogP contribution is -2.25. The number of hydrogen-bond donors (Lipinski definition) is 1. The van der Waals surface area contributed by atoms with Crippen molar-refractivity contribution in [3.05, 3.63) is 12.3 Å². The van der Waals surface area contributed by atoms with E-state index >= 15 is 0 Å². The second-order valence-electron chi connectivity index (χ2n) is 4.03. The van der Waals surface area contributed by atoms with Crippen molar-refractivity contribution in [2.24, 2.45) is 0 Å². The SMILES string of the molecule is CNc1nccc(OCCC(C)(C)OC)n1. The minimum atomic E-state index is -0.168. The van der Waals surface area contributed by atoms with Crippen LogP contribution < -0.4 is 10.1 Å². The maximum atomic E-state index is 5.52. The fraction of sp³-hybridized carbons (Fsp3) is 0.636. The summed E-state index contributed by atoms with van der Waals surface area (Å²) < 4.78 is 10.8. The third-order valence-electron chi connectivity index (χ3n) is 2.36. The van der Waals surface area contributed by atoms with Gasteiger partial charge in [-0.25, -0.2) is 4.98 Å². The first-order valence-corrected chi connectivity index (χ1v) is 5.26. The van der Waals surface area contributed by atoms with Gasteiger partial charge in [-0.15, -0.1) is 0 Å². The number of nitrogens with zero attached hydrogens (tertiary/aromatic N) is 2. The Morgan fingerprint density at radius 1 is 1.44 bits per heavy atom. The number of methoxy groups -OCH3 is 1. The van der Waals surface area contributed by atoms with Crippen LogP contribution in [0.1, 0.15) is 20.3 Å². The van der Waals surface area contributed by atoms with E-state index in [-0.39, 0.29) is 5.60 Å². The zero-order valence-corrected chi connectivity index (χ0v) is 10.3. The van der Waals surface area contributed by atoms with Gasteiger partial charge in [0.05, 0.1) is 12.2 Å². The predicted octanol–water partition coefficient (Wildman–Crippen LogP) is 1.71. The molecule has 0 radical (unpaired) electrons. The Hall–Kier alpha value is -1.36. The van der Waals surface area contributed by atoms with Gasteiger partial charge in [-0.2, -0.15) is 4.98 Å². The Bertz CT molecular complexity index is 329. The number of ether oxygens (including phenoxy) is 2. The van der Waals surface area contributed by atoms with Crippen LogP contribution in [0, 0.1) is 0 Å². The molecule has 1 heterocycles. The van der Waals surface area contributed by atoms with Crippen LogP contribution in [0.5, 0.6) is 5.88 Å². The van der Waals surface area contributed by atoms with E-state index in [9.17, 15) is 0 Å². The van der Waals surface area contributed by atoms with Crippen LogP contribution in [0.3, 0.4) is 0 Å². The maximum absolute atomic E-state index is 5.52. The lowest BCUT2D eigenvalue weighted by molar-refractivity contribution is 0.00509. The summed E-state index contributed by atoms with van der Waals surface area (Å²) in [6.07, 6.45) is 2.47. The molecule has 0 aliphatic heterocycles. The molecular weight excluding hydrogens is 206 g/mol. The normalized spacial score (nSPS) is 11.2. The van der Waals surface area contributed by atoms with Gasteiger partial charge < -0.3 is 14.8 Å². The lowest BCUT2D eigenvalue weighted by Gasteiger charge is -2.22. The third kappa shape index (κ3) is 4.02. The molecule has 1 N–H and O–H groups in total. The van der Waals surface area contributed by atoms with Crippen molar-refractivity contribution in [3.8, 4) is 5.88 Å². The van der Waals surface area contributed by atoms with Gasteiger partial charge in [-0.05, 0) is 13.8 Å². The molecule has 1 rings (SSSR count). The van der Waals surface area contributed by atoms with Crippen LogP contribution in [0.2, 0.25) is 0 Å². The molecule has 0 fully saturated rings. The van der Waals surface area contributed by atoms with Gasteiger partial charge in [0.2, 0.25) is 11.8 Å². The van der Waals surface area contributed by atoms with E-state index < -0.39 is 0 Å². The van der Waals surface area contributed by atoms with Crippen molar-refractivity contribution in [3.63, 3.8) is 0 Å². The largest absolute Gasteiger partial charge is 0.477 e. The molecule has 0 bridgehead atoms. The second-order valence-corrected chi connectivity index (χ2v) is 4.03. The number of hydrogen-bond acceptors (Lipinski definition) is 5. The maximum Gasteiger partial charge on any atom is 0.225 e. The second kappa shape index (κ2) is 5.65. The molecule has 0 aromatic carbocycles. The summed E-state index contributed by atoms with van der Waals surface area (Å²) >= 11 is 0.